The first kappa shape index (κ1) is 34.2. The molecule has 48 heavy (non-hydrogen) atoms. The molecule has 0 saturated carbocycles. The molecule has 4 aromatic carbocycles. The third kappa shape index (κ3) is 8.20. The number of rotatable bonds is 11. The number of alkyl halides is 3. The van der Waals surface area contributed by atoms with E-state index in [0.29, 0.717) is 41.9 Å². The van der Waals surface area contributed by atoms with Crippen molar-refractivity contribution in [1.82, 2.24) is 9.80 Å². The molecular formula is C39H37F3N2O4. The van der Waals surface area contributed by atoms with Crippen LogP contribution in [0.2, 0.25) is 0 Å². The number of allylic oxidation sites excluding steroid dienone is 1. The van der Waals surface area contributed by atoms with Crippen molar-refractivity contribution < 1.29 is 32.3 Å². The highest BCUT2D eigenvalue weighted by atomic mass is 19.4. The van der Waals surface area contributed by atoms with E-state index in [-0.39, 0.29) is 37.0 Å². The van der Waals surface area contributed by atoms with Crippen molar-refractivity contribution in [2.45, 2.75) is 51.9 Å². The smallest absolute Gasteiger partial charge is 0.416 e. The highest BCUT2D eigenvalue weighted by Crippen LogP contribution is 2.39. The molecule has 5 rings (SSSR count). The molecular weight excluding hydrogens is 617 g/mol. The molecule has 1 atom stereocenters. The van der Waals surface area contributed by atoms with E-state index in [0.717, 1.165) is 23.3 Å². The fourth-order valence-corrected chi connectivity index (χ4v) is 6.00. The fourth-order valence-electron chi connectivity index (χ4n) is 6.00. The molecule has 1 aliphatic rings. The van der Waals surface area contributed by atoms with Gasteiger partial charge in [0.15, 0.2) is 0 Å². The number of hydrogen-bond donors (Lipinski definition) is 0. The number of halogens is 3. The SMILES string of the molecule is CCOC(=O)C1=C(C)N(Cc2cccc(C(=O)N(CCc3ccccc3)Cc3ccccc3)c2)C(=O)CC1c1ccc(C(F)(F)F)cc1. The van der Waals surface area contributed by atoms with Gasteiger partial charge in [-0.3, -0.25) is 9.59 Å². The average molecular weight is 655 g/mol. The Morgan fingerprint density at radius 3 is 2.10 bits per heavy atom. The van der Waals surface area contributed by atoms with Gasteiger partial charge in [-0.15, -0.1) is 0 Å². The van der Waals surface area contributed by atoms with Crippen molar-refractivity contribution in [1.29, 1.82) is 0 Å². The molecule has 1 unspecified atom stereocenters. The number of carbonyl (C=O) groups excluding carboxylic acids is 3. The summed E-state index contributed by atoms with van der Waals surface area (Å²) in [5.74, 6) is -1.84. The summed E-state index contributed by atoms with van der Waals surface area (Å²) in [6.07, 6.45) is -3.95. The molecule has 0 bridgehead atoms. The number of nitrogens with zero attached hydrogens (tertiary/aromatic N) is 2. The van der Waals surface area contributed by atoms with E-state index in [1.54, 1.807) is 32.0 Å². The van der Waals surface area contributed by atoms with E-state index in [4.69, 9.17) is 4.74 Å². The van der Waals surface area contributed by atoms with Gasteiger partial charge >= 0.3 is 12.1 Å². The summed E-state index contributed by atoms with van der Waals surface area (Å²) < 4.78 is 45.0. The van der Waals surface area contributed by atoms with Gasteiger partial charge in [0.2, 0.25) is 5.91 Å². The number of carbonyl (C=O) groups is 3. The summed E-state index contributed by atoms with van der Waals surface area (Å²) in [5, 5.41) is 0. The predicted molar refractivity (Wildman–Crippen MR) is 176 cm³/mol. The van der Waals surface area contributed by atoms with Crippen LogP contribution in [0.15, 0.2) is 120 Å². The number of hydrogen-bond acceptors (Lipinski definition) is 4. The molecule has 2 amide bonds. The third-order valence-electron chi connectivity index (χ3n) is 8.49. The first-order valence-electron chi connectivity index (χ1n) is 15.9. The van der Waals surface area contributed by atoms with Crippen LogP contribution in [0.3, 0.4) is 0 Å². The van der Waals surface area contributed by atoms with Gasteiger partial charge in [0.05, 0.1) is 24.3 Å². The Morgan fingerprint density at radius 1 is 0.854 bits per heavy atom. The zero-order valence-corrected chi connectivity index (χ0v) is 26.9. The molecule has 4 aromatic rings. The lowest BCUT2D eigenvalue weighted by atomic mass is 9.83. The lowest BCUT2D eigenvalue weighted by molar-refractivity contribution is -0.140. The van der Waals surface area contributed by atoms with Crippen molar-refractivity contribution >= 4 is 17.8 Å². The lowest BCUT2D eigenvalue weighted by Gasteiger charge is -2.34. The van der Waals surface area contributed by atoms with Crippen LogP contribution in [0.5, 0.6) is 0 Å². The Balaban J connectivity index is 1.41. The Bertz CT molecular complexity index is 1770. The van der Waals surface area contributed by atoms with E-state index >= 15 is 0 Å². The van der Waals surface area contributed by atoms with Crippen molar-refractivity contribution in [3.8, 4) is 0 Å². The third-order valence-corrected chi connectivity index (χ3v) is 8.49. The van der Waals surface area contributed by atoms with Gasteiger partial charge in [-0.1, -0.05) is 84.9 Å². The second kappa shape index (κ2) is 15.2. The highest BCUT2D eigenvalue weighted by molar-refractivity contribution is 5.96. The molecule has 0 aliphatic carbocycles. The minimum Gasteiger partial charge on any atom is -0.463 e. The lowest BCUT2D eigenvalue weighted by Crippen LogP contribution is -2.38. The Hall–Kier alpha value is -5.18. The molecule has 1 aliphatic heterocycles. The van der Waals surface area contributed by atoms with Crippen LogP contribution in [-0.2, 0) is 40.0 Å². The van der Waals surface area contributed by atoms with Crippen molar-refractivity contribution in [2.24, 2.45) is 0 Å². The van der Waals surface area contributed by atoms with Crippen LogP contribution >= 0.6 is 0 Å². The molecule has 0 spiro atoms. The molecule has 0 N–H and O–H groups in total. The second-order valence-electron chi connectivity index (χ2n) is 11.7. The van der Waals surface area contributed by atoms with E-state index < -0.39 is 23.6 Å². The van der Waals surface area contributed by atoms with Crippen LogP contribution < -0.4 is 0 Å². The van der Waals surface area contributed by atoms with E-state index in [1.807, 2.05) is 71.6 Å². The highest BCUT2D eigenvalue weighted by Gasteiger charge is 2.38. The van der Waals surface area contributed by atoms with E-state index in [9.17, 15) is 27.6 Å². The molecule has 0 radical (unpaired) electrons. The van der Waals surface area contributed by atoms with E-state index in [2.05, 4.69) is 0 Å². The molecule has 6 nitrogen and oxygen atoms in total. The summed E-state index contributed by atoms with van der Waals surface area (Å²) in [6, 6.07) is 31.3. The number of amides is 2. The Labute approximate surface area is 278 Å². The Morgan fingerprint density at radius 2 is 1.48 bits per heavy atom. The van der Waals surface area contributed by atoms with Crippen LogP contribution in [-0.4, -0.2) is 40.7 Å². The number of benzene rings is 4. The van der Waals surface area contributed by atoms with Gasteiger partial charge in [-0.25, -0.2) is 4.79 Å². The number of esters is 1. The molecule has 0 aromatic heterocycles. The van der Waals surface area contributed by atoms with Gasteiger partial charge in [0.1, 0.15) is 0 Å². The minimum atomic E-state index is -4.51. The molecule has 248 valence electrons. The molecule has 0 fully saturated rings. The molecule has 0 saturated heterocycles. The van der Waals surface area contributed by atoms with Crippen molar-refractivity contribution in [3.63, 3.8) is 0 Å². The number of ether oxygens (including phenoxy) is 1. The molecule has 9 heteroatoms. The van der Waals surface area contributed by atoms with Gasteiger partial charge in [-0.05, 0) is 66.8 Å². The normalized spacial score (nSPS) is 15.0. The summed E-state index contributed by atoms with van der Waals surface area (Å²) in [6.45, 7) is 4.42. The summed E-state index contributed by atoms with van der Waals surface area (Å²) in [5.41, 5.74) is 3.46. The Kier molecular flexibility index (Phi) is 10.8. The maximum atomic E-state index is 13.9. The first-order chi connectivity index (χ1) is 23.0. The largest absolute Gasteiger partial charge is 0.463 e. The maximum absolute atomic E-state index is 13.9. The van der Waals surface area contributed by atoms with Gasteiger partial charge in [0, 0.05) is 36.7 Å². The summed E-state index contributed by atoms with van der Waals surface area (Å²) >= 11 is 0. The van der Waals surface area contributed by atoms with Crippen LogP contribution in [0, 0.1) is 0 Å². The van der Waals surface area contributed by atoms with Crippen LogP contribution in [0.1, 0.15) is 64.4 Å². The van der Waals surface area contributed by atoms with Crippen LogP contribution in [0.4, 0.5) is 13.2 Å². The van der Waals surface area contributed by atoms with Gasteiger partial charge in [-0.2, -0.15) is 13.2 Å². The van der Waals surface area contributed by atoms with E-state index in [1.165, 1.54) is 17.0 Å². The standard InChI is InChI=1S/C39H37F3N2O4/c1-3-48-38(47)36-27(2)44(35(45)24-34(36)31-17-19-33(20-18-31)39(40,41)42)26-30-15-10-16-32(23-30)37(46)43(25-29-13-8-5-9-14-29)22-21-28-11-6-4-7-12-28/h4-20,23,34H,3,21-22,24-26H2,1-2H3. The maximum Gasteiger partial charge on any atom is 0.416 e. The average Bonchev–Trinajstić information content (AvgIpc) is 3.08. The zero-order chi connectivity index (χ0) is 34.3. The quantitative estimate of drug-likeness (QED) is 0.154. The summed E-state index contributed by atoms with van der Waals surface area (Å²) in [7, 11) is 0. The monoisotopic (exact) mass is 654 g/mol. The molecule has 1 heterocycles. The van der Waals surface area contributed by atoms with Gasteiger partial charge < -0.3 is 14.5 Å². The van der Waals surface area contributed by atoms with Crippen molar-refractivity contribution in [2.75, 3.05) is 13.2 Å². The van der Waals surface area contributed by atoms with Gasteiger partial charge in [0.25, 0.3) is 5.91 Å². The summed E-state index contributed by atoms with van der Waals surface area (Å²) in [4.78, 5) is 44.0. The topological polar surface area (TPSA) is 66.9 Å². The second-order valence-corrected chi connectivity index (χ2v) is 11.7. The first-order valence-corrected chi connectivity index (χ1v) is 15.9. The van der Waals surface area contributed by atoms with Crippen LogP contribution in [0.25, 0.3) is 0 Å². The predicted octanol–water partition coefficient (Wildman–Crippen LogP) is 7.94. The minimum absolute atomic E-state index is 0.0944. The van der Waals surface area contributed by atoms with Crippen molar-refractivity contribution in [3.05, 3.63) is 154 Å². The zero-order valence-electron chi connectivity index (χ0n) is 26.9. The fraction of sp³-hybridized carbons (Fsp3) is 0.256.